The van der Waals surface area contributed by atoms with Crippen LogP contribution in [0.25, 0.3) is 0 Å². The largest absolute Gasteiger partial charge is 0.385 e. The molecule has 0 unspecified atom stereocenters. The summed E-state index contributed by atoms with van der Waals surface area (Å²) in [7, 11) is 1.68. The second kappa shape index (κ2) is 13.1. The van der Waals surface area contributed by atoms with Crippen molar-refractivity contribution in [1.29, 1.82) is 0 Å². The van der Waals surface area contributed by atoms with Gasteiger partial charge in [0.05, 0.1) is 0 Å². The maximum Gasteiger partial charge on any atom is 0.216 e. The van der Waals surface area contributed by atoms with Crippen LogP contribution in [0.2, 0.25) is 0 Å². The van der Waals surface area contributed by atoms with Gasteiger partial charge in [0.1, 0.15) is 0 Å². The fourth-order valence-electron chi connectivity index (χ4n) is 0.636. The molecule has 0 aromatic heterocycles. The van der Waals surface area contributed by atoms with Gasteiger partial charge in [0.15, 0.2) is 0 Å². The number of rotatable bonds is 5. The van der Waals surface area contributed by atoms with Gasteiger partial charge in [-0.1, -0.05) is 14.9 Å². The third kappa shape index (κ3) is 16.2. The molecule has 1 N–H and O–H groups in total. The number of carbonyl (C=O) groups is 1. The Morgan fingerprint density at radius 1 is 1.33 bits per heavy atom. The molecule has 76 valence electrons. The average molecular weight is 177 g/mol. The molecule has 0 radical (unpaired) electrons. The van der Waals surface area contributed by atoms with Crippen LogP contribution in [0.5, 0.6) is 0 Å². The Kier molecular flexibility index (Phi) is 19.0. The van der Waals surface area contributed by atoms with Gasteiger partial charge in [0, 0.05) is 27.2 Å². The lowest BCUT2D eigenvalue weighted by Crippen LogP contribution is -2.20. The van der Waals surface area contributed by atoms with Crippen molar-refractivity contribution in [3.05, 3.63) is 0 Å². The Bertz CT molecular complexity index is 94.5. The van der Waals surface area contributed by atoms with Gasteiger partial charge in [0.2, 0.25) is 5.91 Å². The van der Waals surface area contributed by atoms with Crippen LogP contribution in [0.4, 0.5) is 0 Å². The van der Waals surface area contributed by atoms with Crippen molar-refractivity contribution in [2.45, 2.75) is 34.6 Å². The lowest BCUT2D eigenvalue weighted by molar-refractivity contribution is -0.118. The maximum atomic E-state index is 10.3. The first kappa shape index (κ1) is 17.5. The number of ether oxygens (including phenoxy) is 1. The van der Waals surface area contributed by atoms with Gasteiger partial charge in [-0.15, -0.1) is 0 Å². The number of methoxy groups -OCH3 is 1. The topological polar surface area (TPSA) is 38.3 Å². The fraction of sp³-hybridized carbons (Fsp3) is 0.889. The highest BCUT2D eigenvalue weighted by Gasteiger charge is 1.89. The predicted molar refractivity (Wildman–Crippen MR) is 53.3 cm³/mol. The number of hydrogen-bond donors (Lipinski definition) is 1. The van der Waals surface area contributed by atoms with Crippen molar-refractivity contribution >= 4 is 5.91 Å². The number of carbonyl (C=O) groups excluding carboxylic acids is 1. The van der Waals surface area contributed by atoms with E-state index >= 15 is 0 Å². The lowest BCUT2D eigenvalue weighted by atomic mass is 10.3. The van der Waals surface area contributed by atoms with Crippen molar-refractivity contribution in [2.75, 3.05) is 20.3 Å². The monoisotopic (exact) mass is 177 g/mol. The zero-order valence-corrected chi connectivity index (χ0v) is 6.64. The van der Waals surface area contributed by atoms with Crippen molar-refractivity contribution in [3.8, 4) is 0 Å². The summed E-state index contributed by atoms with van der Waals surface area (Å²) in [6.07, 6.45) is 2.00. The SMILES string of the molecule is C.C.COCCCCNC(C)=O. The van der Waals surface area contributed by atoms with Crippen LogP contribution in [-0.2, 0) is 9.53 Å². The van der Waals surface area contributed by atoms with Gasteiger partial charge >= 0.3 is 0 Å². The molecular formula is C9H23NO2. The van der Waals surface area contributed by atoms with Crippen molar-refractivity contribution in [3.63, 3.8) is 0 Å². The highest BCUT2D eigenvalue weighted by Crippen LogP contribution is 1.85. The molecule has 0 aromatic carbocycles. The molecule has 1 amide bonds. The van der Waals surface area contributed by atoms with Gasteiger partial charge in [-0.2, -0.15) is 0 Å². The molecule has 0 saturated carbocycles. The minimum absolute atomic E-state index is 0. The van der Waals surface area contributed by atoms with E-state index in [1.807, 2.05) is 0 Å². The smallest absolute Gasteiger partial charge is 0.216 e. The van der Waals surface area contributed by atoms with Crippen molar-refractivity contribution < 1.29 is 9.53 Å². The zero-order valence-electron chi connectivity index (χ0n) is 6.64. The highest BCUT2D eigenvalue weighted by atomic mass is 16.5. The van der Waals surface area contributed by atoms with E-state index in [4.69, 9.17) is 4.74 Å². The molecule has 3 heteroatoms. The number of unbranched alkanes of at least 4 members (excludes halogenated alkanes) is 1. The van der Waals surface area contributed by atoms with E-state index in [0.29, 0.717) is 0 Å². The van der Waals surface area contributed by atoms with Crippen LogP contribution >= 0.6 is 0 Å². The summed E-state index contributed by atoms with van der Waals surface area (Å²) < 4.78 is 4.84. The first-order valence-electron chi connectivity index (χ1n) is 3.50. The van der Waals surface area contributed by atoms with E-state index in [-0.39, 0.29) is 20.8 Å². The predicted octanol–water partition coefficient (Wildman–Crippen LogP) is 1.82. The standard InChI is InChI=1S/C7H15NO2.2CH4/c1-7(9)8-5-3-4-6-10-2;;/h3-6H2,1-2H3,(H,8,9);2*1H4. The van der Waals surface area contributed by atoms with Crippen LogP contribution in [-0.4, -0.2) is 26.2 Å². The molecule has 0 atom stereocenters. The molecule has 3 nitrogen and oxygen atoms in total. The molecule has 0 aromatic rings. The summed E-state index contributed by atoms with van der Waals surface area (Å²) in [5.74, 6) is 0.0393. The molecule has 0 spiro atoms. The normalized spacial score (nSPS) is 7.83. The van der Waals surface area contributed by atoms with Gasteiger partial charge in [-0.25, -0.2) is 0 Å². The second-order valence-corrected chi connectivity index (χ2v) is 2.18. The van der Waals surface area contributed by atoms with Gasteiger partial charge in [-0.05, 0) is 12.8 Å². The van der Waals surface area contributed by atoms with Crippen LogP contribution < -0.4 is 5.32 Å². The first-order valence-corrected chi connectivity index (χ1v) is 3.50. The molecule has 0 aliphatic carbocycles. The lowest BCUT2D eigenvalue weighted by Gasteiger charge is -2.00. The van der Waals surface area contributed by atoms with Gasteiger partial charge < -0.3 is 10.1 Å². The van der Waals surface area contributed by atoms with E-state index in [1.54, 1.807) is 7.11 Å². The maximum absolute atomic E-state index is 10.3. The van der Waals surface area contributed by atoms with Gasteiger partial charge in [-0.3, -0.25) is 4.79 Å². The second-order valence-electron chi connectivity index (χ2n) is 2.18. The van der Waals surface area contributed by atoms with Crippen molar-refractivity contribution in [2.24, 2.45) is 0 Å². The molecule has 0 saturated heterocycles. The quantitative estimate of drug-likeness (QED) is 0.650. The van der Waals surface area contributed by atoms with Crippen LogP contribution in [0.15, 0.2) is 0 Å². The summed E-state index contributed by atoms with van der Waals surface area (Å²) >= 11 is 0. The fourth-order valence-corrected chi connectivity index (χ4v) is 0.636. The minimum atomic E-state index is 0. The van der Waals surface area contributed by atoms with E-state index in [2.05, 4.69) is 5.32 Å². The number of hydrogen-bond acceptors (Lipinski definition) is 2. The summed E-state index contributed by atoms with van der Waals surface area (Å²) in [6.45, 7) is 3.06. The Balaban J connectivity index is -0.000000405. The van der Waals surface area contributed by atoms with Crippen LogP contribution in [0, 0.1) is 0 Å². The Morgan fingerprint density at radius 3 is 2.33 bits per heavy atom. The average Bonchev–Trinajstić information content (AvgIpc) is 1.87. The Morgan fingerprint density at radius 2 is 1.92 bits per heavy atom. The molecule has 12 heavy (non-hydrogen) atoms. The summed E-state index contributed by atoms with van der Waals surface area (Å²) in [4.78, 5) is 10.3. The Hall–Kier alpha value is -0.570. The van der Waals surface area contributed by atoms with E-state index in [1.165, 1.54) is 6.92 Å². The molecule has 0 fully saturated rings. The minimum Gasteiger partial charge on any atom is -0.385 e. The zero-order chi connectivity index (χ0) is 7.82. The summed E-state index contributed by atoms with van der Waals surface area (Å²) in [5.41, 5.74) is 0. The molecular weight excluding hydrogens is 154 g/mol. The van der Waals surface area contributed by atoms with Gasteiger partial charge in [0.25, 0.3) is 0 Å². The third-order valence-electron chi connectivity index (χ3n) is 1.15. The summed E-state index contributed by atoms with van der Waals surface area (Å²) in [6, 6.07) is 0. The van der Waals surface area contributed by atoms with E-state index < -0.39 is 0 Å². The first-order chi connectivity index (χ1) is 4.77. The molecule has 0 rings (SSSR count). The van der Waals surface area contributed by atoms with Crippen LogP contribution in [0.1, 0.15) is 34.6 Å². The third-order valence-corrected chi connectivity index (χ3v) is 1.15. The number of nitrogens with one attached hydrogen (secondary N) is 1. The van der Waals surface area contributed by atoms with Crippen LogP contribution in [0.3, 0.4) is 0 Å². The molecule has 0 heterocycles. The van der Waals surface area contributed by atoms with Crippen molar-refractivity contribution in [1.82, 2.24) is 5.32 Å². The molecule has 0 bridgehead atoms. The Labute approximate surface area is 76.5 Å². The van der Waals surface area contributed by atoms with E-state index in [9.17, 15) is 4.79 Å². The molecule has 0 aliphatic heterocycles. The highest BCUT2D eigenvalue weighted by molar-refractivity contribution is 5.72. The molecule has 0 aliphatic rings. The van der Waals surface area contributed by atoms with E-state index in [0.717, 1.165) is 26.0 Å². The summed E-state index contributed by atoms with van der Waals surface area (Å²) in [5, 5.41) is 2.71. The number of amides is 1.